The molecule has 1 aliphatic rings. The zero-order valence-corrected chi connectivity index (χ0v) is 31.3. The third-order valence-electron chi connectivity index (χ3n) is 11.7. The molecule has 0 bridgehead atoms. The second kappa shape index (κ2) is 13.1. The molecule has 5 nitrogen and oxygen atoms in total. The van der Waals surface area contributed by atoms with Gasteiger partial charge in [-0.2, -0.15) is 0 Å². The van der Waals surface area contributed by atoms with Crippen LogP contribution in [0, 0.1) is 0 Å². The van der Waals surface area contributed by atoms with E-state index in [9.17, 15) is 0 Å². The van der Waals surface area contributed by atoms with Crippen molar-refractivity contribution in [2.45, 2.75) is 12.3 Å². The third kappa shape index (κ3) is 5.40. The number of hydrogen-bond acceptors (Lipinski definition) is 5. The summed E-state index contributed by atoms with van der Waals surface area (Å²) in [4.78, 5) is 5.22. The largest absolute Gasteiger partial charge is 0.456 e. The molecular formula is C53H35N3O2. The molecular weight excluding hydrogens is 711 g/mol. The molecule has 0 fully saturated rings. The standard InChI is InChI=1S/C53H35N3O2/c1-2-11-34(12-3-1)51-54-52(56-53(55-51)40-24-27-47-44(30-40)43-16-8-9-17-46(43)57-47)35-21-19-33(20-22-35)41-25-26-42(39-23-18-32-10-4-5-13-36(32)28-39)50-49(41)45-29-37-14-6-7-15-38(37)31-48(45)58-50/h1-31,52-53,56H,(H,54,55). The number of hydrogen-bond donors (Lipinski definition) is 2. The Labute approximate surface area is 333 Å². The highest BCUT2D eigenvalue weighted by Crippen LogP contribution is 2.44. The molecule has 0 spiro atoms. The first-order valence-electron chi connectivity index (χ1n) is 19.7. The minimum absolute atomic E-state index is 0.194. The van der Waals surface area contributed by atoms with Crippen LogP contribution in [0.25, 0.3) is 87.7 Å². The minimum atomic E-state index is -0.284. The van der Waals surface area contributed by atoms with Crippen molar-refractivity contribution in [2.75, 3.05) is 0 Å². The molecule has 1 aliphatic heterocycles. The van der Waals surface area contributed by atoms with Gasteiger partial charge < -0.3 is 14.2 Å². The van der Waals surface area contributed by atoms with Crippen LogP contribution in [-0.4, -0.2) is 5.84 Å². The molecule has 58 heavy (non-hydrogen) atoms. The average molecular weight is 746 g/mol. The van der Waals surface area contributed by atoms with Crippen molar-refractivity contribution in [3.8, 4) is 22.3 Å². The summed E-state index contributed by atoms with van der Waals surface area (Å²) < 4.78 is 13.0. The van der Waals surface area contributed by atoms with E-state index in [1.807, 2.05) is 18.2 Å². The van der Waals surface area contributed by atoms with E-state index in [0.717, 1.165) is 94.0 Å². The number of nitrogens with one attached hydrogen (secondary N) is 2. The molecule has 9 aromatic carbocycles. The first-order chi connectivity index (χ1) is 28.7. The Hall–Kier alpha value is -7.47. The summed E-state index contributed by atoms with van der Waals surface area (Å²) >= 11 is 0. The molecule has 0 amide bonds. The van der Waals surface area contributed by atoms with Gasteiger partial charge in [-0.25, -0.2) is 4.99 Å². The number of benzene rings is 9. The second-order valence-corrected chi connectivity index (χ2v) is 15.2. The smallest absolute Gasteiger partial charge is 0.143 e. The van der Waals surface area contributed by atoms with Gasteiger partial charge in [0.1, 0.15) is 40.5 Å². The van der Waals surface area contributed by atoms with Gasteiger partial charge in [0.05, 0.1) is 0 Å². The van der Waals surface area contributed by atoms with Gasteiger partial charge in [-0.3, -0.25) is 5.32 Å². The fraction of sp³-hybridized carbons (Fsp3) is 0.0377. The summed E-state index contributed by atoms with van der Waals surface area (Å²) in [7, 11) is 0. The Balaban J connectivity index is 0.957. The van der Waals surface area contributed by atoms with Crippen LogP contribution in [0.4, 0.5) is 0 Å². The summed E-state index contributed by atoms with van der Waals surface area (Å²) in [6, 6.07) is 66.4. The van der Waals surface area contributed by atoms with Crippen LogP contribution in [0.2, 0.25) is 0 Å². The van der Waals surface area contributed by atoms with Crippen molar-refractivity contribution in [1.29, 1.82) is 0 Å². The lowest BCUT2D eigenvalue weighted by molar-refractivity contribution is 0.409. The highest BCUT2D eigenvalue weighted by Gasteiger charge is 2.26. The van der Waals surface area contributed by atoms with Crippen LogP contribution in [0.1, 0.15) is 29.0 Å². The maximum atomic E-state index is 6.85. The monoisotopic (exact) mass is 745 g/mol. The van der Waals surface area contributed by atoms with Crippen LogP contribution < -0.4 is 10.6 Å². The Kier molecular flexibility index (Phi) is 7.37. The lowest BCUT2D eigenvalue weighted by Crippen LogP contribution is -2.44. The van der Waals surface area contributed by atoms with Crippen LogP contribution in [0.5, 0.6) is 0 Å². The number of para-hydroxylation sites is 1. The molecule has 274 valence electrons. The van der Waals surface area contributed by atoms with E-state index in [-0.39, 0.29) is 12.3 Å². The van der Waals surface area contributed by atoms with E-state index in [4.69, 9.17) is 13.8 Å². The Bertz CT molecular complexity index is 3410. The van der Waals surface area contributed by atoms with E-state index in [2.05, 4.69) is 180 Å². The molecule has 0 radical (unpaired) electrons. The Morgan fingerprint density at radius 3 is 1.93 bits per heavy atom. The number of fused-ring (bicyclic) bond motifs is 8. The summed E-state index contributed by atoms with van der Waals surface area (Å²) in [5.41, 5.74) is 11.2. The normalized spacial score (nSPS) is 15.8. The maximum absolute atomic E-state index is 6.85. The molecule has 0 aliphatic carbocycles. The van der Waals surface area contributed by atoms with Crippen molar-refractivity contribution in [3.63, 3.8) is 0 Å². The number of amidine groups is 1. The second-order valence-electron chi connectivity index (χ2n) is 15.2. The van der Waals surface area contributed by atoms with Gasteiger partial charge in [-0.1, -0.05) is 146 Å². The van der Waals surface area contributed by atoms with E-state index in [1.54, 1.807) is 0 Å². The van der Waals surface area contributed by atoms with Crippen LogP contribution >= 0.6 is 0 Å². The molecule has 2 atom stereocenters. The highest BCUT2D eigenvalue weighted by atomic mass is 16.3. The molecule has 12 rings (SSSR count). The molecule has 5 heteroatoms. The lowest BCUT2D eigenvalue weighted by atomic mass is 9.93. The molecule has 2 N–H and O–H groups in total. The summed E-state index contributed by atoms with van der Waals surface area (Å²) in [5, 5.41) is 16.7. The number of rotatable bonds is 5. The summed E-state index contributed by atoms with van der Waals surface area (Å²) in [6.07, 6.45) is -0.478. The Morgan fingerprint density at radius 2 is 1.09 bits per heavy atom. The molecule has 11 aromatic rings. The predicted octanol–water partition coefficient (Wildman–Crippen LogP) is 13.5. The Morgan fingerprint density at radius 1 is 0.414 bits per heavy atom. The van der Waals surface area contributed by atoms with Gasteiger partial charge in [0, 0.05) is 32.7 Å². The van der Waals surface area contributed by atoms with Crippen LogP contribution in [0.15, 0.2) is 202 Å². The number of aliphatic imine (C=N–C) groups is 1. The molecule has 2 unspecified atom stereocenters. The first kappa shape index (κ1) is 32.7. The van der Waals surface area contributed by atoms with E-state index in [0.29, 0.717) is 0 Å². The van der Waals surface area contributed by atoms with E-state index >= 15 is 0 Å². The fourth-order valence-corrected chi connectivity index (χ4v) is 8.80. The molecule has 0 saturated carbocycles. The number of nitrogens with zero attached hydrogens (tertiary/aromatic N) is 1. The summed E-state index contributed by atoms with van der Waals surface area (Å²) in [5.74, 6) is 0.846. The number of furan rings is 2. The topological polar surface area (TPSA) is 62.7 Å². The highest BCUT2D eigenvalue weighted by molar-refractivity contribution is 6.19. The van der Waals surface area contributed by atoms with Crippen molar-refractivity contribution < 1.29 is 8.83 Å². The molecule has 3 heterocycles. The van der Waals surface area contributed by atoms with Crippen LogP contribution in [-0.2, 0) is 0 Å². The summed E-state index contributed by atoms with van der Waals surface area (Å²) in [6.45, 7) is 0. The average Bonchev–Trinajstić information content (AvgIpc) is 3.86. The van der Waals surface area contributed by atoms with Crippen molar-refractivity contribution >= 4 is 71.3 Å². The van der Waals surface area contributed by atoms with E-state index in [1.165, 1.54) is 16.2 Å². The quantitative estimate of drug-likeness (QED) is 0.184. The fourth-order valence-electron chi connectivity index (χ4n) is 8.80. The van der Waals surface area contributed by atoms with Crippen molar-refractivity contribution in [1.82, 2.24) is 10.6 Å². The van der Waals surface area contributed by atoms with Gasteiger partial charge >= 0.3 is 0 Å². The van der Waals surface area contributed by atoms with Gasteiger partial charge in [0.25, 0.3) is 0 Å². The molecule has 2 aromatic heterocycles. The van der Waals surface area contributed by atoms with Gasteiger partial charge in [-0.05, 0) is 91.8 Å². The SMILES string of the molecule is c1ccc(C2=NC(c3ccc4oc5ccccc5c4c3)NC(c3ccc(-c4ccc(-c5ccc6ccccc6c5)c5oc6cc7ccccc7cc6c45)cc3)N2)cc1. The lowest BCUT2D eigenvalue weighted by Gasteiger charge is -2.32. The van der Waals surface area contributed by atoms with Crippen molar-refractivity contribution in [3.05, 3.63) is 205 Å². The zero-order valence-electron chi connectivity index (χ0n) is 31.3. The van der Waals surface area contributed by atoms with Gasteiger partial charge in [0.2, 0.25) is 0 Å². The third-order valence-corrected chi connectivity index (χ3v) is 11.7. The van der Waals surface area contributed by atoms with Crippen LogP contribution in [0.3, 0.4) is 0 Å². The van der Waals surface area contributed by atoms with E-state index < -0.39 is 0 Å². The first-order valence-corrected chi connectivity index (χ1v) is 19.7. The van der Waals surface area contributed by atoms with Crippen molar-refractivity contribution in [2.24, 2.45) is 4.99 Å². The maximum Gasteiger partial charge on any atom is 0.143 e. The zero-order chi connectivity index (χ0) is 38.2. The van der Waals surface area contributed by atoms with Gasteiger partial charge in [-0.15, -0.1) is 0 Å². The molecule has 0 saturated heterocycles. The minimum Gasteiger partial charge on any atom is -0.456 e. The predicted molar refractivity (Wildman–Crippen MR) is 238 cm³/mol. The van der Waals surface area contributed by atoms with Gasteiger partial charge in [0.15, 0.2) is 0 Å².